The fourth-order valence-corrected chi connectivity index (χ4v) is 3.14. The summed E-state index contributed by atoms with van der Waals surface area (Å²) in [7, 11) is 1.56. The molecule has 0 fully saturated rings. The van der Waals surface area contributed by atoms with Crippen LogP contribution in [-0.2, 0) is 9.63 Å². The summed E-state index contributed by atoms with van der Waals surface area (Å²) in [5.74, 6) is 0.197. The lowest BCUT2D eigenvalue weighted by Gasteiger charge is -2.13. The number of hydrogen-bond donors (Lipinski definition) is 1. The van der Waals surface area contributed by atoms with Crippen LogP contribution in [0.1, 0.15) is 18.1 Å². The fourth-order valence-electron chi connectivity index (χ4n) is 3.14. The van der Waals surface area contributed by atoms with Gasteiger partial charge in [-0.05, 0) is 31.5 Å². The van der Waals surface area contributed by atoms with Crippen LogP contribution in [0.5, 0.6) is 5.75 Å². The van der Waals surface area contributed by atoms with Crippen LogP contribution < -0.4 is 10.1 Å². The molecule has 6 nitrogen and oxygen atoms in total. The second-order valence-corrected chi connectivity index (χ2v) is 7.03. The van der Waals surface area contributed by atoms with Crippen molar-refractivity contribution in [1.29, 1.82) is 0 Å². The van der Waals surface area contributed by atoms with Gasteiger partial charge < -0.3 is 19.3 Å². The quantitative estimate of drug-likeness (QED) is 0.352. The van der Waals surface area contributed by atoms with Crippen molar-refractivity contribution in [2.45, 2.75) is 20.0 Å². The zero-order chi connectivity index (χ0) is 21.1. The summed E-state index contributed by atoms with van der Waals surface area (Å²) in [5.41, 5.74) is 4.01. The number of carbonyl (C=O) groups excluding carboxylic acids is 1. The number of benzene rings is 3. The second-order valence-electron chi connectivity index (χ2n) is 7.03. The number of fused-ring (bicyclic) bond motifs is 3. The number of rotatable bonds is 6. The minimum absolute atomic E-state index is 0.343. The summed E-state index contributed by atoms with van der Waals surface area (Å²) in [6, 6.07) is 19.2. The number of para-hydroxylation sites is 1. The first-order chi connectivity index (χ1) is 14.5. The molecule has 30 heavy (non-hydrogen) atoms. The number of furan rings is 1. The molecule has 0 aliphatic carbocycles. The minimum atomic E-state index is -0.789. The van der Waals surface area contributed by atoms with Gasteiger partial charge in [0.25, 0.3) is 5.91 Å². The molecule has 0 unspecified atom stereocenters. The van der Waals surface area contributed by atoms with Crippen LogP contribution in [0.4, 0.5) is 5.69 Å². The lowest BCUT2D eigenvalue weighted by atomic mass is 10.1. The highest BCUT2D eigenvalue weighted by molar-refractivity contribution is 6.08. The highest BCUT2D eigenvalue weighted by Crippen LogP contribution is 2.36. The molecule has 4 aromatic rings. The Hall–Kier alpha value is -3.80. The second kappa shape index (κ2) is 8.29. The van der Waals surface area contributed by atoms with Gasteiger partial charge in [0, 0.05) is 16.8 Å². The van der Waals surface area contributed by atoms with Crippen molar-refractivity contribution in [2.24, 2.45) is 5.16 Å². The number of nitrogens with one attached hydrogen (secondary N) is 1. The molecule has 0 bridgehead atoms. The van der Waals surface area contributed by atoms with Gasteiger partial charge >= 0.3 is 0 Å². The Morgan fingerprint density at radius 3 is 2.60 bits per heavy atom. The standard InChI is InChI=1S/C24H22N2O4/c1-15-8-10-17(11-9-15)14-25-30-16(2)24(27)26-20-13-22-19(12-23(20)28-3)18-6-4-5-7-21(18)29-22/h4-14,16H,1-3H3,(H,26,27)/b25-14-/t16-/m0/s1. The molecule has 0 aliphatic rings. The molecule has 152 valence electrons. The number of anilines is 1. The summed E-state index contributed by atoms with van der Waals surface area (Å²) in [4.78, 5) is 17.9. The number of hydrogen-bond acceptors (Lipinski definition) is 5. The third kappa shape index (κ3) is 3.98. The minimum Gasteiger partial charge on any atom is -0.495 e. The van der Waals surface area contributed by atoms with E-state index in [0.717, 1.165) is 27.5 Å². The van der Waals surface area contributed by atoms with Crippen LogP contribution in [0.15, 0.2) is 70.2 Å². The highest BCUT2D eigenvalue weighted by atomic mass is 16.6. The van der Waals surface area contributed by atoms with Crippen LogP contribution in [0.2, 0.25) is 0 Å². The molecular weight excluding hydrogens is 380 g/mol. The Kier molecular flexibility index (Phi) is 5.39. The van der Waals surface area contributed by atoms with E-state index < -0.39 is 6.10 Å². The summed E-state index contributed by atoms with van der Waals surface area (Å²) in [6.45, 7) is 3.65. The molecule has 4 rings (SSSR count). The van der Waals surface area contributed by atoms with Crippen molar-refractivity contribution >= 4 is 39.7 Å². The van der Waals surface area contributed by atoms with E-state index in [9.17, 15) is 4.79 Å². The predicted octanol–water partition coefficient (Wildman–Crippen LogP) is 5.28. The molecule has 0 aliphatic heterocycles. The van der Waals surface area contributed by atoms with Crippen LogP contribution in [-0.4, -0.2) is 25.3 Å². The number of amides is 1. The highest BCUT2D eigenvalue weighted by Gasteiger charge is 2.18. The van der Waals surface area contributed by atoms with Crippen molar-refractivity contribution in [1.82, 2.24) is 0 Å². The first-order valence-corrected chi connectivity index (χ1v) is 9.61. The summed E-state index contributed by atoms with van der Waals surface area (Å²) >= 11 is 0. The van der Waals surface area contributed by atoms with E-state index in [0.29, 0.717) is 17.0 Å². The van der Waals surface area contributed by atoms with Gasteiger partial charge in [-0.15, -0.1) is 0 Å². The Bertz CT molecular complexity index is 1230. The predicted molar refractivity (Wildman–Crippen MR) is 118 cm³/mol. The SMILES string of the molecule is COc1cc2c(cc1NC(=O)[C@H](C)O/N=C\c1ccc(C)cc1)oc1ccccc12. The number of oxime groups is 1. The molecule has 0 radical (unpaired) electrons. The number of aryl methyl sites for hydroxylation is 1. The number of ether oxygens (including phenoxy) is 1. The van der Waals surface area contributed by atoms with Crippen LogP contribution in [0.3, 0.4) is 0 Å². The van der Waals surface area contributed by atoms with E-state index in [1.54, 1.807) is 26.3 Å². The maximum absolute atomic E-state index is 12.6. The maximum atomic E-state index is 12.6. The van der Waals surface area contributed by atoms with Crippen molar-refractivity contribution in [3.05, 3.63) is 71.8 Å². The van der Waals surface area contributed by atoms with Crippen LogP contribution in [0.25, 0.3) is 21.9 Å². The fraction of sp³-hybridized carbons (Fsp3) is 0.167. The zero-order valence-corrected chi connectivity index (χ0v) is 17.0. The van der Waals surface area contributed by atoms with Gasteiger partial charge in [0.1, 0.15) is 16.9 Å². The lowest BCUT2D eigenvalue weighted by Crippen LogP contribution is -2.26. The third-order valence-corrected chi connectivity index (χ3v) is 4.82. The van der Waals surface area contributed by atoms with E-state index in [1.807, 2.05) is 61.5 Å². The van der Waals surface area contributed by atoms with Gasteiger partial charge in [0.2, 0.25) is 6.10 Å². The Morgan fingerprint density at radius 2 is 1.83 bits per heavy atom. The molecule has 1 aromatic heterocycles. The summed E-state index contributed by atoms with van der Waals surface area (Å²) < 4.78 is 11.4. The molecule has 6 heteroatoms. The van der Waals surface area contributed by atoms with Crippen molar-refractivity contribution in [2.75, 3.05) is 12.4 Å². The van der Waals surface area contributed by atoms with Gasteiger partial charge in [-0.25, -0.2) is 0 Å². The van der Waals surface area contributed by atoms with Gasteiger partial charge in [0.15, 0.2) is 0 Å². The average Bonchev–Trinajstić information content (AvgIpc) is 3.11. The topological polar surface area (TPSA) is 73.1 Å². The maximum Gasteiger partial charge on any atom is 0.268 e. The average molecular weight is 402 g/mol. The van der Waals surface area contributed by atoms with Gasteiger partial charge in [0.05, 0.1) is 19.0 Å². The molecular formula is C24H22N2O4. The monoisotopic (exact) mass is 402 g/mol. The van der Waals surface area contributed by atoms with Crippen LogP contribution >= 0.6 is 0 Å². The van der Waals surface area contributed by atoms with E-state index in [4.69, 9.17) is 14.0 Å². The lowest BCUT2D eigenvalue weighted by molar-refractivity contribution is -0.126. The first-order valence-electron chi connectivity index (χ1n) is 9.61. The molecule has 1 atom stereocenters. The number of nitrogens with zero attached hydrogens (tertiary/aromatic N) is 1. The zero-order valence-electron chi connectivity index (χ0n) is 17.0. The largest absolute Gasteiger partial charge is 0.495 e. The van der Waals surface area contributed by atoms with Crippen molar-refractivity contribution in [3.63, 3.8) is 0 Å². The van der Waals surface area contributed by atoms with Gasteiger partial charge in [-0.3, -0.25) is 4.79 Å². The first kappa shape index (κ1) is 19.5. The number of carbonyl (C=O) groups is 1. The summed E-state index contributed by atoms with van der Waals surface area (Å²) in [5, 5.41) is 8.67. The molecule has 3 aromatic carbocycles. The smallest absolute Gasteiger partial charge is 0.268 e. The molecule has 0 saturated heterocycles. The Balaban J connectivity index is 1.50. The van der Waals surface area contributed by atoms with Crippen LogP contribution in [0, 0.1) is 6.92 Å². The summed E-state index contributed by atoms with van der Waals surface area (Å²) in [6.07, 6.45) is 0.785. The van der Waals surface area contributed by atoms with Gasteiger partial charge in [-0.1, -0.05) is 53.2 Å². The van der Waals surface area contributed by atoms with E-state index in [1.165, 1.54) is 0 Å². The molecule has 0 saturated carbocycles. The Labute approximate surface area is 174 Å². The van der Waals surface area contributed by atoms with E-state index in [-0.39, 0.29) is 5.91 Å². The Morgan fingerprint density at radius 1 is 1.07 bits per heavy atom. The number of methoxy groups -OCH3 is 1. The van der Waals surface area contributed by atoms with E-state index >= 15 is 0 Å². The van der Waals surface area contributed by atoms with Crippen molar-refractivity contribution < 1.29 is 18.8 Å². The normalized spacial score (nSPS) is 12.4. The molecule has 1 amide bonds. The molecule has 1 N–H and O–H groups in total. The van der Waals surface area contributed by atoms with Gasteiger partial charge in [-0.2, -0.15) is 0 Å². The third-order valence-electron chi connectivity index (χ3n) is 4.82. The van der Waals surface area contributed by atoms with Crippen molar-refractivity contribution in [3.8, 4) is 5.75 Å². The van der Waals surface area contributed by atoms with E-state index in [2.05, 4.69) is 10.5 Å². The molecule has 0 spiro atoms. The molecule has 1 heterocycles.